The average Bonchev–Trinajstić information content (AvgIpc) is 2.72. The molecule has 1 amide bonds. The molecule has 4 nitrogen and oxygen atoms in total. The number of rotatable bonds is 6. The molecule has 0 unspecified atom stereocenters. The lowest BCUT2D eigenvalue weighted by Crippen LogP contribution is -2.48. The van der Waals surface area contributed by atoms with E-state index in [4.69, 9.17) is 9.47 Å². The van der Waals surface area contributed by atoms with Crippen LogP contribution in [-0.2, 0) is 27.7 Å². The van der Waals surface area contributed by atoms with Crippen LogP contribution in [0, 0.1) is 0 Å². The largest absolute Gasteiger partial charge is 0.491 e. The van der Waals surface area contributed by atoms with Crippen LogP contribution in [0.1, 0.15) is 43.4 Å². The number of hydrogen-bond acceptors (Lipinski definition) is 3. The molecule has 1 aliphatic heterocycles. The minimum atomic E-state index is -4.47. The number of alkyl halides is 3. The highest BCUT2D eigenvalue weighted by atomic mass is 19.4. The summed E-state index contributed by atoms with van der Waals surface area (Å²) in [7, 11) is 0. The second-order valence-electron chi connectivity index (χ2n) is 7.73. The van der Waals surface area contributed by atoms with Crippen molar-refractivity contribution in [1.82, 2.24) is 5.32 Å². The van der Waals surface area contributed by atoms with E-state index < -0.39 is 17.2 Å². The van der Waals surface area contributed by atoms with Gasteiger partial charge in [0.15, 0.2) is 0 Å². The maximum absolute atomic E-state index is 13.3. The Bertz CT molecular complexity index is 874. The Labute approximate surface area is 174 Å². The van der Waals surface area contributed by atoms with Gasteiger partial charge in [0.1, 0.15) is 5.75 Å². The standard InChI is InChI=1S/C23H26F3NO3/c1-16(2)30-20-9-4-3-6-17(20)15-27-21(28)22(10-12-29-13-11-22)18-7-5-8-19(14-18)23(24,25)26/h3-9,14,16H,10-13,15H2,1-2H3,(H,27,28). The first kappa shape index (κ1) is 22.2. The third-order valence-electron chi connectivity index (χ3n) is 5.30. The van der Waals surface area contributed by atoms with Gasteiger partial charge in [0, 0.05) is 25.3 Å². The van der Waals surface area contributed by atoms with E-state index in [2.05, 4.69) is 5.32 Å². The van der Waals surface area contributed by atoms with Crippen LogP contribution in [-0.4, -0.2) is 25.2 Å². The maximum Gasteiger partial charge on any atom is 0.416 e. The van der Waals surface area contributed by atoms with Gasteiger partial charge in [0.25, 0.3) is 0 Å². The van der Waals surface area contributed by atoms with Crippen LogP contribution in [0.4, 0.5) is 13.2 Å². The van der Waals surface area contributed by atoms with Crippen molar-refractivity contribution in [3.05, 3.63) is 65.2 Å². The van der Waals surface area contributed by atoms with Gasteiger partial charge in [-0.1, -0.05) is 36.4 Å². The number of halogens is 3. The molecule has 162 valence electrons. The number of hydrogen-bond donors (Lipinski definition) is 1. The summed E-state index contributed by atoms with van der Waals surface area (Å²) in [6, 6.07) is 12.5. The second kappa shape index (κ2) is 9.08. The van der Waals surface area contributed by atoms with Gasteiger partial charge in [-0.25, -0.2) is 0 Å². The summed E-state index contributed by atoms with van der Waals surface area (Å²) in [6.07, 6.45) is -3.84. The zero-order valence-corrected chi connectivity index (χ0v) is 17.1. The molecule has 2 aromatic carbocycles. The fourth-order valence-corrected chi connectivity index (χ4v) is 3.72. The Kier molecular flexibility index (Phi) is 6.71. The number of carbonyl (C=O) groups is 1. The predicted molar refractivity (Wildman–Crippen MR) is 107 cm³/mol. The van der Waals surface area contributed by atoms with Crippen molar-refractivity contribution in [2.45, 2.75) is 50.9 Å². The molecule has 1 N–H and O–H groups in total. The molecule has 30 heavy (non-hydrogen) atoms. The highest BCUT2D eigenvalue weighted by Gasteiger charge is 2.43. The highest BCUT2D eigenvalue weighted by molar-refractivity contribution is 5.88. The molecular weight excluding hydrogens is 395 g/mol. The van der Waals surface area contributed by atoms with Crippen molar-refractivity contribution in [3.8, 4) is 5.75 Å². The lowest BCUT2D eigenvalue weighted by Gasteiger charge is -2.36. The molecule has 1 saturated heterocycles. The molecule has 7 heteroatoms. The summed E-state index contributed by atoms with van der Waals surface area (Å²) in [6.45, 7) is 4.69. The average molecular weight is 421 g/mol. The van der Waals surface area contributed by atoms with Gasteiger partial charge >= 0.3 is 6.18 Å². The predicted octanol–water partition coefficient (Wildman–Crippen LogP) is 4.86. The van der Waals surface area contributed by atoms with E-state index in [-0.39, 0.29) is 18.6 Å². The molecule has 0 spiro atoms. The van der Waals surface area contributed by atoms with Crippen molar-refractivity contribution in [2.75, 3.05) is 13.2 Å². The molecule has 0 aromatic heterocycles. The van der Waals surface area contributed by atoms with Crippen LogP contribution in [0.15, 0.2) is 48.5 Å². The quantitative estimate of drug-likeness (QED) is 0.725. The topological polar surface area (TPSA) is 47.6 Å². The van der Waals surface area contributed by atoms with Crippen LogP contribution in [0.2, 0.25) is 0 Å². The molecular formula is C23H26F3NO3. The van der Waals surface area contributed by atoms with Gasteiger partial charge in [-0.05, 0) is 44.4 Å². The zero-order chi connectivity index (χ0) is 21.8. The lowest BCUT2D eigenvalue weighted by molar-refractivity contribution is -0.138. The fourth-order valence-electron chi connectivity index (χ4n) is 3.72. The van der Waals surface area contributed by atoms with E-state index in [9.17, 15) is 18.0 Å². The first-order valence-electron chi connectivity index (χ1n) is 10.0. The fraction of sp³-hybridized carbons (Fsp3) is 0.435. The molecule has 0 radical (unpaired) electrons. The first-order chi connectivity index (χ1) is 14.2. The van der Waals surface area contributed by atoms with E-state index in [1.165, 1.54) is 6.07 Å². The summed E-state index contributed by atoms with van der Waals surface area (Å²) < 4.78 is 50.9. The number of nitrogens with one attached hydrogen (secondary N) is 1. The number of para-hydroxylation sites is 1. The number of ether oxygens (including phenoxy) is 2. The molecule has 1 fully saturated rings. The Hall–Kier alpha value is -2.54. The van der Waals surface area contributed by atoms with Crippen molar-refractivity contribution in [2.24, 2.45) is 0 Å². The summed E-state index contributed by atoms with van der Waals surface area (Å²) in [5.74, 6) is 0.373. The van der Waals surface area contributed by atoms with Gasteiger partial charge in [-0.2, -0.15) is 13.2 Å². The summed E-state index contributed by atoms with van der Waals surface area (Å²) >= 11 is 0. The van der Waals surface area contributed by atoms with Crippen molar-refractivity contribution >= 4 is 5.91 Å². The molecule has 0 aliphatic carbocycles. The van der Waals surface area contributed by atoms with Crippen LogP contribution >= 0.6 is 0 Å². The lowest BCUT2D eigenvalue weighted by atomic mass is 9.73. The van der Waals surface area contributed by atoms with Gasteiger partial charge in [0.2, 0.25) is 5.91 Å². The van der Waals surface area contributed by atoms with E-state index in [1.807, 2.05) is 38.1 Å². The van der Waals surface area contributed by atoms with Crippen molar-refractivity contribution < 1.29 is 27.4 Å². The minimum absolute atomic E-state index is 0.0196. The van der Waals surface area contributed by atoms with E-state index >= 15 is 0 Å². The third kappa shape index (κ3) is 4.95. The Morgan fingerprint density at radius 1 is 1.13 bits per heavy atom. The van der Waals surface area contributed by atoms with Crippen LogP contribution in [0.25, 0.3) is 0 Å². The minimum Gasteiger partial charge on any atom is -0.491 e. The van der Waals surface area contributed by atoms with Crippen LogP contribution in [0.3, 0.4) is 0 Å². The zero-order valence-electron chi connectivity index (χ0n) is 17.1. The monoisotopic (exact) mass is 421 g/mol. The van der Waals surface area contributed by atoms with Gasteiger partial charge in [-0.15, -0.1) is 0 Å². The number of carbonyl (C=O) groups excluding carboxylic acids is 1. The van der Waals surface area contributed by atoms with E-state index in [1.54, 1.807) is 6.07 Å². The van der Waals surface area contributed by atoms with Crippen molar-refractivity contribution in [1.29, 1.82) is 0 Å². The molecule has 0 atom stereocenters. The van der Waals surface area contributed by atoms with E-state index in [0.29, 0.717) is 37.4 Å². The van der Waals surface area contributed by atoms with Gasteiger partial charge in [-0.3, -0.25) is 4.79 Å². The van der Waals surface area contributed by atoms with Crippen molar-refractivity contribution in [3.63, 3.8) is 0 Å². The molecule has 1 heterocycles. The summed E-state index contributed by atoms with van der Waals surface area (Å²) in [5, 5.41) is 2.92. The van der Waals surface area contributed by atoms with Gasteiger partial charge in [0.05, 0.1) is 17.1 Å². The smallest absolute Gasteiger partial charge is 0.416 e. The number of benzene rings is 2. The number of amides is 1. The Morgan fingerprint density at radius 2 is 1.83 bits per heavy atom. The molecule has 0 bridgehead atoms. The highest BCUT2D eigenvalue weighted by Crippen LogP contribution is 2.38. The van der Waals surface area contributed by atoms with Crippen LogP contribution < -0.4 is 10.1 Å². The normalized spacial score (nSPS) is 16.3. The summed E-state index contributed by atoms with van der Waals surface area (Å²) in [5.41, 5.74) is -0.641. The summed E-state index contributed by atoms with van der Waals surface area (Å²) in [4.78, 5) is 13.3. The van der Waals surface area contributed by atoms with E-state index in [0.717, 1.165) is 17.7 Å². The van der Waals surface area contributed by atoms with Crippen LogP contribution in [0.5, 0.6) is 5.75 Å². The second-order valence-corrected chi connectivity index (χ2v) is 7.73. The molecule has 2 aromatic rings. The third-order valence-corrected chi connectivity index (χ3v) is 5.30. The Morgan fingerprint density at radius 3 is 2.50 bits per heavy atom. The molecule has 0 saturated carbocycles. The van der Waals surface area contributed by atoms with Gasteiger partial charge < -0.3 is 14.8 Å². The molecule has 1 aliphatic rings. The molecule has 3 rings (SSSR count). The Balaban J connectivity index is 1.86. The first-order valence-corrected chi connectivity index (χ1v) is 10.0. The SMILES string of the molecule is CC(C)Oc1ccccc1CNC(=O)C1(c2cccc(C(F)(F)F)c2)CCOCC1. The maximum atomic E-state index is 13.3.